The number of carboxylic acid groups (broad SMARTS) is 1. The zero-order valence-corrected chi connectivity index (χ0v) is 12.1. The molecule has 4 N–H and O–H groups in total. The van der Waals surface area contributed by atoms with Gasteiger partial charge in [-0.2, -0.15) is 3.97 Å². The van der Waals surface area contributed by atoms with Crippen LogP contribution in [0.2, 0.25) is 0 Å². The third-order valence-corrected chi connectivity index (χ3v) is 3.64. The van der Waals surface area contributed by atoms with Crippen LogP contribution in [0, 0.1) is 5.41 Å². The summed E-state index contributed by atoms with van der Waals surface area (Å²) in [5, 5.41) is 28.2. The average Bonchev–Trinajstić information content (AvgIpc) is 2.41. The normalized spacial score (nSPS) is 11.1. The number of hydrogen-bond donors (Lipinski definition) is 3. The molecule has 0 atom stereocenters. The highest BCUT2D eigenvalue weighted by Crippen LogP contribution is 2.13. The van der Waals surface area contributed by atoms with Crippen molar-refractivity contribution in [1.82, 2.24) is 14.2 Å². The van der Waals surface area contributed by atoms with E-state index in [0.29, 0.717) is 9.66 Å². The Bertz CT molecular complexity index is 888. The van der Waals surface area contributed by atoms with Gasteiger partial charge < -0.3 is 21.0 Å². The number of nitrogens with zero attached hydrogens (tertiary/aromatic N) is 3. The second-order valence-corrected chi connectivity index (χ2v) is 6.10. The quantitative estimate of drug-likeness (QED) is 0.595. The van der Waals surface area contributed by atoms with Crippen molar-refractivity contribution in [1.29, 1.82) is 5.41 Å². The summed E-state index contributed by atoms with van der Waals surface area (Å²) in [7, 11) is -3.82. The van der Waals surface area contributed by atoms with Gasteiger partial charge in [-0.25, -0.2) is 8.42 Å². The van der Waals surface area contributed by atoms with E-state index in [2.05, 4.69) is 15.5 Å². The first kappa shape index (κ1) is 15.4. The summed E-state index contributed by atoms with van der Waals surface area (Å²) in [6.45, 7) is 0. The number of nitrogens with one attached hydrogen (secondary N) is 2. The van der Waals surface area contributed by atoms with Crippen molar-refractivity contribution in [2.45, 2.75) is 0 Å². The molecule has 1 heterocycles. The minimum absolute atomic E-state index is 0.0220. The summed E-state index contributed by atoms with van der Waals surface area (Å²) >= 11 is 0. The predicted molar refractivity (Wildman–Crippen MR) is 74.6 cm³/mol. The van der Waals surface area contributed by atoms with Gasteiger partial charge >= 0.3 is 0 Å². The number of aromatic nitrogens is 3. The molecule has 0 aliphatic carbocycles. The smallest absolute Gasteiger partial charge is 0.240 e. The molecule has 0 aliphatic heterocycles. The van der Waals surface area contributed by atoms with Crippen molar-refractivity contribution >= 4 is 33.4 Å². The van der Waals surface area contributed by atoms with Gasteiger partial charge in [0, 0.05) is 5.69 Å². The Labute approximate surface area is 124 Å². The Morgan fingerprint density at radius 1 is 1.32 bits per heavy atom. The number of aromatic carboxylic acids is 1. The van der Waals surface area contributed by atoms with Crippen molar-refractivity contribution in [3.63, 3.8) is 0 Å². The molecular weight excluding hydrogens is 312 g/mol. The summed E-state index contributed by atoms with van der Waals surface area (Å²) in [4.78, 5) is 10.6. The van der Waals surface area contributed by atoms with Crippen molar-refractivity contribution < 1.29 is 18.3 Å². The van der Waals surface area contributed by atoms with E-state index in [1.54, 1.807) is 0 Å². The fourth-order valence-corrected chi connectivity index (χ4v) is 2.44. The van der Waals surface area contributed by atoms with Gasteiger partial charge in [-0.15, -0.1) is 10.2 Å². The fraction of sp³-hybridized carbons (Fsp3) is 0.0909. The zero-order valence-electron chi connectivity index (χ0n) is 11.3. The Hall–Kier alpha value is -2.95. The summed E-state index contributed by atoms with van der Waals surface area (Å²) in [6.07, 6.45) is 0.877. The Morgan fingerprint density at radius 3 is 2.41 bits per heavy atom. The number of rotatable bonds is 4. The second kappa shape index (κ2) is 5.44. The highest BCUT2D eigenvalue weighted by molar-refractivity contribution is 7.89. The molecule has 0 bridgehead atoms. The lowest BCUT2D eigenvalue weighted by atomic mass is 10.2. The van der Waals surface area contributed by atoms with Crippen LogP contribution >= 0.6 is 0 Å². The van der Waals surface area contributed by atoms with Gasteiger partial charge in [0.1, 0.15) is 0 Å². The highest BCUT2D eigenvalue weighted by atomic mass is 32.2. The Balaban J connectivity index is 2.43. The molecule has 0 fully saturated rings. The topological polar surface area (TPSA) is 167 Å². The summed E-state index contributed by atoms with van der Waals surface area (Å²) in [6, 6.07) is 5.40. The first-order valence-electron chi connectivity index (χ1n) is 5.79. The third kappa shape index (κ3) is 3.03. The van der Waals surface area contributed by atoms with Gasteiger partial charge in [-0.1, -0.05) is 12.1 Å². The van der Waals surface area contributed by atoms with Gasteiger partial charge in [0.2, 0.25) is 16.0 Å². The third-order valence-electron chi connectivity index (χ3n) is 2.60. The van der Waals surface area contributed by atoms with E-state index in [-0.39, 0.29) is 11.4 Å². The lowest BCUT2D eigenvalue weighted by Crippen LogP contribution is -2.32. The van der Waals surface area contributed by atoms with Crippen LogP contribution < -0.4 is 21.6 Å². The predicted octanol–water partition coefficient (Wildman–Crippen LogP) is -1.75. The molecule has 0 unspecified atom stereocenters. The van der Waals surface area contributed by atoms with Crippen LogP contribution in [-0.4, -0.2) is 34.8 Å². The molecule has 0 radical (unpaired) electrons. The van der Waals surface area contributed by atoms with Crippen LogP contribution in [0.25, 0.3) is 0 Å². The molecule has 0 saturated heterocycles. The van der Waals surface area contributed by atoms with Gasteiger partial charge in [0.25, 0.3) is 0 Å². The molecule has 0 amide bonds. The molecule has 22 heavy (non-hydrogen) atoms. The average molecular weight is 323 g/mol. The number of benzene rings is 1. The highest BCUT2D eigenvalue weighted by Gasteiger charge is 2.15. The van der Waals surface area contributed by atoms with Gasteiger partial charge in [0.05, 0.1) is 12.2 Å². The molecule has 1 aromatic carbocycles. The minimum atomic E-state index is -3.82. The first-order valence-corrected chi connectivity index (χ1v) is 7.64. The lowest BCUT2D eigenvalue weighted by Gasteiger charge is -2.11. The summed E-state index contributed by atoms with van der Waals surface area (Å²) in [5.74, 6) is -1.92. The Morgan fingerprint density at radius 2 is 1.91 bits per heavy atom. The van der Waals surface area contributed by atoms with Crippen LogP contribution in [0.3, 0.4) is 0 Å². The summed E-state index contributed by atoms with van der Waals surface area (Å²) in [5.41, 5.74) is 5.28. The maximum atomic E-state index is 11.6. The molecule has 10 nitrogen and oxygen atoms in total. The largest absolute Gasteiger partial charge is 0.545 e. The van der Waals surface area contributed by atoms with E-state index in [4.69, 9.17) is 11.1 Å². The van der Waals surface area contributed by atoms with E-state index in [0.717, 1.165) is 6.26 Å². The molecule has 1 aromatic heterocycles. The Kier molecular flexibility index (Phi) is 3.82. The van der Waals surface area contributed by atoms with Crippen molar-refractivity contribution in [2.75, 3.05) is 17.3 Å². The molecular formula is C11H11N6O4S-. The van der Waals surface area contributed by atoms with E-state index in [1.807, 2.05) is 0 Å². The van der Waals surface area contributed by atoms with E-state index in [1.165, 1.54) is 24.3 Å². The fourth-order valence-electron chi connectivity index (χ4n) is 1.65. The lowest BCUT2D eigenvalue weighted by molar-refractivity contribution is -0.255. The van der Waals surface area contributed by atoms with Crippen LogP contribution in [0.15, 0.2) is 24.3 Å². The number of carboxylic acids is 1. The standard InChI is InChI=1S/C11H12N6O4S/c1-22(20,21)17-8(12)9(15-16-11(17)13)14-7-4-2-6(3-5-7)10(18)19/h2-5,12H,1H3,(H2,13,16)(H,14,15)(H,18,19)/p-1. The minimum Gasteiger partial charge on any atom is -0.545 e. The van der Waals surface area contributed by atoms with Crippen LogP contribution in [-0.2, 0) is 10.0 Å². The van der Waals surface area contributed by atoms with Gasteiger partial charge in [-0.3, -0.25) is 5.41 Å². The SMILES string of the molecule is CS(=O)(=O)n1c(N)nnc(Nc2ccc(C(=O)[O-])cc2)c1=N. The van der Waals surface area contributed by atoms with Crippen LogP contribution in [0.5, 0.6) is 0 Å². The molecule has 11 heteroatoms. The van der Waals surface area contributed by atoms with Gasteiger partial charge in [-0.05, 0) is 17.7 Å². The monoisotopic (exact) mass is 323 g/mol. The van der Waals surface area contributed by atoms with E-state index >= 15 is 0 Å². The summed E-state index contributed by atoms with van der Waals surface area (Å²) < 4.78 is 23.7. The second-order valence-electron chi connectivity index (χ2n) is 4.27. The number of nitrogen functional groups attached to an aromatic ring is 1. The number of carbonyl (C=O) groups excluding carboxylic acids is 1. The maximum absolute atomic E-state index is 11.6. The zero-order chi connectivity index (χ0) is 16.5. The number of hydrogen-bond acceptors (Lipinski definition) is 9. The molecule has 0 saturated carbocycles. The molecule has 2 rings (SSSR count). The molecule has 0 spiro atoms. The molecule has 116 valence electrons. The number of carbonyl (C=O) groups is 1. The van der Waals surface area contributed by atoms with Crippen molar-refractivity contribution in [3.05, 3.63) is 35.3 Å². The van der Waals surface area contributed by atoms with Crippen LogP contribution in [0.4, 0.5) is 17.5 Å². The first-order chi connectivity index (χ1) is 10.2. The van der Waals surface area contributed by atoms with E-state index in [9.17, 15) is 18.3 Å². The van der Waals surface area contributed by atoms with Crippen molar-refractivity contribution in [2.24, 2.45) is 0 Å². The number of anilines is 3. The van der Waals surface area contributed by atoms with Gasteiger partial charge in [0.15, 0.2) is 11.3 Å². The number of nitrogens with two attached hydrogens (primary N) is 1. The van der Waals surface area contributed by atoms with Crippen molar-refractivity contribution in [3.8, 4) is 0 Å². The van der Waals surface area contributed by atoms with E-state index < -0.39 is 27.4 Å². The maximum Gasteiger partial charge on any atom is 0.240 e. The molecule has 2 aromatic rings. The van der Waals surface area contributed by atoms with Crippen LogP contribution in [0.1, 0.15) is 10.4 Å². The molecule has 0 aliphatic rings.